The number of rotatable bonds is 6. The van der Waals surface area contributed by atoms with Crippen molar-refractivity contribution in [1.29, 1.82) is 0 Å². The van der Waals surface area contributed by atoms with Crippen molar-refractivity contribution < 1.29 is 9.84 Å². The number of ether oxygens (including phenoxy) is 1. The van der Waals surface area contributed by atoms with Gasteiger partial charge in [0, 0.05) is 12.5 Å². The molecule has 7 heteroatoms. The van der Waals surface area contributed by atoms with E-state index in [1.807, 2.05) is 6.07 Å². The number of aromatic amines is 2. The fourth-order valence-corrected chi connectivity index (χ4v) is 3.74. The Bertz CT molecular complexity index is 943. The molecule has 3 aromatic rings. The SMILES string of the molecule is O=c1[nH]cnc2nc(CC(CC3CCCC3)Oc3cccc(O)c3)[nH]c12. The maximum Gasteiger partial charge on any atom is 0.276 e. The van der Waals surface area contributed by atoms with Crippen LogP contribution in [-0.2, 0) is 6.42 Å². The molecule has 2 aromatic heterocycles. The van der Waals surface area contributed by atoms with Gasteiger partial charge in [-0.25, -0.2) is 9.97 Å². The number of phenols is 1. The number of phenolic OH excluding ortho intramolecular Hbond substituents is 1. The number of nitrogens with zero attached hydrogens (tertiary/aromatic N) is 2. The summed E-state index contributed by atoms with van der Waals surface area (Å²) in [6, 6.07) is 6.84. The molecule has 0 bridgehead atoms. The fourth-order valence-electron chi connectivity index (χ4n) is 3.74. The first-order valence-electron chi connectivity index (χ1n) is 9.05. The monoisotopic (exact) mass is 354 g/mol. The Morgan fingerprint density at radius 2 is 2.15 bits per heavy atom. The molecule has 2 heterocycles. The molecule has 1 fully saturated rings. The number of aromatic hydroxyl groups is 1. The van der Waals surface area contributed by atoms with Gasteiger partial charge >= 0.3 is 0 Å². The summed E-state index contributed by atoms with van der Waals surface area (Å²) in [5.74, 6) is 2.15. The van der Waals surface area contributed by atoms with Crippen molar-refractivity contribution >= 4 is 11.2 Å². The van der Waals surface area contributed by atoms with Crippen LogP contribution in [0.3, 0.4) is 0 Å². The van der Waals surface area contributed by atoms with Crippen LogP contribution in [-0.4, -0.2) is 31.1 Å². The summed E-state index contributed by atoms with van der Waals surface area (Å²) in [4.78, 5) is 26.0. The average Bonchev–Trinajstić information content (AvgIpc) is 3.25. The minimum absolute atomic E-state index is 0.0838. The van der Waals surface area contributed by atoms with E-state index < -0.39 is 0 Å². The van der Waals surface area contributed by atoms with Gasteiger partial charge in [0.2, 0.25) is 0 Å². The van der Waals surface area contributed by atoms with E-state index in [1.165, 1.54) is 32.0 Å². The number of hydrogen-bond donors (Lipinski definition) is 3. The van der Waals surface area contributed by atoms with Crippen LogP contribution in [0, 0.1) is 5.92 Å². The molecule has 1 aliphatic carbocycles. The standard InChI is InChI=1S/C19H22N4O3/c24-13-6-3-7-14(9-13)26-15(8-12-4-1-2-5-12)10-16-22-17-18(23-16)20-11-21-19(17)25/h3,6-7,9,11-12,15,24H,1-2,4-5,8,10H2,(H2,20,21,22,23,25). The number of benzene rings is 1. The molecule has 136 valence electrons. The van der Waals surface area contributed by atoms with Crippen molar-refractivity contribution in [2.75, 3.05) is 0 Å². The summed E-state index contributed by atoms with van der Waals surface area (Å²) in [6.07, 6.45) is 7.75. The highest BCUT2D eigenvalue weighted by Crippen LogP contribution is 2.31. The lowest BCUT2D eigenvalue weighted by Gasteiger charge is -2.21. The number of H-pyrrole nitrogens is 2. The van der Waals surface area contributed by atoms with Crippen molar-refractivity contribution in [1.82, 2.24) is 19.9 Å². The fraction of sp³-hybridized carbons (Fsp3) is 0.421. The molecule has 1 saturated carbocycles. The van der Waals surface area contributed by atoms with E-state index in [9.17, 15) is 9.90 Å². The molecule has 0 radical (unpaired) electrons. The molecule has 3 N–H and O–H groups in total. The van der Waals surface area contributed by atoms with Crippen LogP contribution < -0.4 is 10.3 Å². The quantitative estimate of drug-likeness (QED) is 0.631. The lowest BCUT2D eigenvalue weighted by Crippen LogP contribution is -2.23. The highest BCUT2D eigenvalue weighted by Gasteiger charge is 2.23. The van der Waals surface area contributed by atoms with Crippen LogP contribution in [0.15, 0.2) is 35.4 Å². The van der Waals surface area contributed by atoms with Crippen molar-refractivity contribution in [2.45, 2.75) is 44.6 Å². The van der Waals surface area contributed by atoms with Gasteiger partial charge in [-0.2, -0.15) is 0 Å². The van der Waals surface area contributed by atoms with Gasteiger partial charge in [-0.3, -0.25) is 4.79 Å². The van der Waals surface area contributed by atoms with Gasteiger partial charge in [0.15, 0.2) is 11.2 Å². The first-order chi connectivity index (χ1) is 12.7. The van der Waals surface area contributed by atoms with Crippen molar-refractivity contribution in [3.05, 3.63) is 46.8 Å². The van der Waals surface area contributed by atoms with Crippen molar-refractivity contribution in [3.8, 4) is 11.5 Å². The van der Waals surface area contributed by atoms with E-state index in [4.69, 9.17) is 4.74 Å². The molecule has 4 rings (SSSR count). The minimum atomic E-state index is -0.227. The molecule has 0 spiro atoms. The van der Waals surface area contributed by atoms with Gasteiger partial charge in [-0.1, -0.05) is 31.7 Å². The van der Waals surface area contributed by atoms with Gasteiger partial charge < -0.3 is 19.8 Å². The Morgan fingerprint density at radius 1 is 1.31 bits per heavy atom. The van der Waals surface area contributed by atoms with Gasteiger partial charge in [0.05, 0.1) is 6.33 Å². The Kier molecular flexibility index (Phi) is 4.60. The van der Waals surface area contributed by atoms with E-state index in [-0.39, 0.29) is 17.4 Å². The first kappa shape index (κ1) is 16.6. The molecule has 1 atom stereocenters. The van der Waals surface area contributed by atoms with E-state index in [0.717, 1.165) is 6.42 Å². The van der Waals surface area contributed by atoms with Gasteiger partial charge in [0.25, 0.3) is 5.56 Å². The molecular formula is C19H22N4O3. The molecule has 1 aliphatic rings. The van der Waals surface area contributed by atoms with Crippen LogP contribution in [0.2, 0.25) is 0 Å². The summed E-state index contributed by atoms with van der Waals surface area (Å²) in [6.45, 7) is 0. The Balaban J connectivity index is 1.56. The lowest BCUT2D eigenvalue weighted by molar-refractivity contribution is 0.165. The van der Waals surface area contributed by atoms with Crippen molar-refractivity contribution in [2.24, 2.45) is 5.92 Å². The predicted octanol–water partition coefficient (Wildman–Crippen LogP) is 2.92. The Morgan fingerprint density at radius 3 is 2.92 bits per heavy atom. The Labute approximate surface area is 150 Å². The van der Waals surface area contributed by atoms with E-state index >= 15 is 0 Å². The third kappa shape index (κ3) is 3.71. The van der Waals surface area contributed by atoms with Crippen LogP contribution in [0.4, 0.5) is 0 Å². The van der Waals surface area contributed by atoms with Crippen LogP contribution in [0.5, 0.6) is 11.5 Å². The highest BCUT2D eigenvalue weighted by molar-refractivity contribution is 5.68. The van der Waals surface area contributed by atoms with E-state index in [2.05, 4.69) is 19.9 Å². The zero-order valence-electron chi connectivity index (χ0n) is 14.4. The zero-order chi connectivity index (χ0) is 17.9. The third-order valence-electron chi connectivity index (χ3n) is 4.96. The average molecular weight is 354 g/mol. The summed E-state index contributed by atoms with van der Waals surface area (Å²) < 4.78 is 6.16. The second-order valence-corrected chi connectivity index (χ2v) is 6.94. The molecule has 7 nitrogen and oxygen atoms in total. The maximum atomic E-state index is 11.9. The number of nitrogens with one attached hydrogen (secondary N) is 2. The van der Waals surface area contributed by atoms with E-state index in [0.29, 0.717) is 35.1 Å². The zero-order valence-corrected chi connectivity index (χ0v) is 14.4. The molecule has 0 aliphatic heterocycles. The summed E-state index contributed by atoms with van der Waals surface area (Å²) in [7, 11) is 0. The van der Waals surface area contributed by atoms with Gasteiger partial charge in [0.1, 0.15) is 23.4 Å². The third-order valence-corrected chi connectivity index (χ3v) is 4.96. The van der Waals surface area contributed by atoms with Crippen LogP contribution >= 0.6 is 0 Å². The van der Waals surface area contributed by atoms with Crippen LogP contribution in [0.25, 0.3) is 11.2 Å². The van der Waals surface area contributed by atoms with Crippen molar-refractivity contribution in [3.63, 3.8) is 0 Å². The second-order valence-electron chi connectivity index (χ2n) is 6.94. The van der Waals surface area contributed by atoms with Crippen LogP contribution in [0.1, 0.15) is 37.9 Å². The molecule has 0 amide bonds. The molecule has 26 heavy (non-hydrogen) atoms. The Hall–Kier alpha value is -2.83. The largest absolute Gasteiger partial charge is 0.508 e. The lowest BCUT2D eigenvalue weighted by atomic mass is 9.98. The summed E-state index contributed by atoms with van der Waals surface area (Å²) >= 11 is 0. The summed E-state index contributed by atoms with van der Waals surface area (Å²) in [5, 5.41) is 9.68. The summed E-state index contributed by atoms with van der Waals surface area (Å²) in [5.41, 5.74) is 0.579. The molecule has 1 aromatic carbocycles. The minimum Gasteiger partial charge on any atom is -0.508 e. The highest BCUT2D eigenvalue weighted by atomic mass is 16.5. The number of aromatic nitrogens is 4. The normalized spacial score (nSPS) is 16.2. The number of imidazole rings is 1. The predicted molar refractivity (Wildman–Crippen MR) is 97.3 cm³/mol. The maximum absolute atomic E-state index is 11.9. The first-order valence-corrected chi connectivity index (χ1v) is 9.05. The van der Waals surface area contributed by atoms with Gasteiger partial charge in [-0.05, 0) is 24.5 Å². The van der Waals surface area contributed by atoms with Gasteiger partial charge in [-0.15, -0.1) is 0 Å². The molecule has 0 saturated heterocycles. The molecule has 1 unspecified atom stereocenters. The van der Waals surface area contributed by atoms with E-state index in [1.54, 1.807) is 18.2 Å². The molecular weight excluding hydrogens is 332 g/mol. The number of hydrogen-bond acceptors (Lipinski definition) is 5. The smallest absolute Gasteiger partial charge is 0.276 e. The topological polar surface area (TPSA) is 104 Å². The second kappa shape index (κ2) is 7.19. The number of fused-ring (bicyclic) bond motifs is 1.